The predicted molar refractivity (Wildman–Crippen MR) is 89.5 cm³/mol. The summed E-state index contributed by atoms with van der Waals surface area (Å²) in [6.45, 7) is 2.42. The van der Waals surface area contributed by atoms with E-state index in [2.05, 4.69) is 5.16 Å². The summed E-state index contributed by atoms with van der Waals surface area (Å²) in [5, 5.41) is 14.8. The molecular formula is C16H19N3O5S. The molecule has 25 heavy (non-hydrogen) atoms. The lowest BCUT2D eigenvalue weighted by Gasteiger charge is -2.22. The minimum Gasteiger partial charge on any atom is -0.361 e. The van der Waals surface area contributed by atoms with Crippen LogP contribution in [-0.2, 0) is 16.4 Å². The fourth-order valence-corrected chi connectivity index (χ4v) is 4.72. The Bertz CT molecular complexity index is 860. The van der Waals surface area contributed by atoms with Gasteiger partial charge in [-0.15, -0.1) is 0 Å². The van der Waals surface area contributed by atoms with E-state index in [4.69, 9.17) is 4.52 Å². The van der Waals surface area contributed by atoms with E-state index in [1.807, 2.05) is 13.0 Å². The number of hydrogen-bond acceptors (Lipinski definition) is 6. The van der Waals surface area contributed by atoms with Crippen LogP contribution in [0.25, 0.3) is 0 Å². The molecule has 3 rings (SSSR count). The molecule has 0 saturated carbocycles. The average Bonchev–Trinajstić information content (AvgIpc) is 3.24. The second-order valence-electron chi connectivity index (χ2n) is 5.99. The maximum absolute atomic E-state index is 12.9. The fraction of sp³-hybridized carbons (Fsp3) is 0.438. The number of aromatic nitrogens is 1. The Kier molecular flexibility index (Phi) is 4.87. The molecule has 1 aliphatic rings. The quantitative estimate of drug-likeness (QED) is 0.575. The van der Waals surface area contributed by atoms with Crippen molar-refractivity contribution in [3.63, 3.8) is 0 Å². The third kappa shape index (κ3) is 3.42. The Morgan fingerprint density at radius 1 is 1.36 bits per heavy atom. The summed E-state index contributed by atoms with van der Waals surface area (Å²) in [6.07, 6.45) is 3.08. The van der Waals surface area contributed by atoms with Gasteiger partial charge in [-0.05, 0) is 31.4 Å². The lowest BCUT2D eigenvalue weighted by Crippen LogP contribution is -2.30. The normalized spacial score (nSPS) is 18.5. The lowest BCUT2D eigenvalue weighted by atomic mass is 10.1. The van der Waals surface area contributed by atoms with E-state index in [9.17, 15) is 18.5 Å². The van der Waals surface area contributed by atoms with Gasteiger partial charge in [0.25, 0.3) is 5.69 Å². The average molecular weight is 365 g/mol. The number of nitro groups is 1. The van der Waals surface area contributed by atoms with Crippen LogP contribution in [-0.4, -0.2) is 29.3 Å². The van der Waals surface area contributed by atoms with Crippen molar-refractivity contribution in [2.24, 2.45) is 0 Å². The van der Waals surface area contributed by atoms with Gasteiger partial charge in [-0.25, -0.2) is 8.42 Å². The molecule has 0 bridgehead atoms. The molecule has 1 fully saturated rings. The molecule has 0 unspecified atom stereocenters. The van der Waals surface area contributed by atoms with Crippen molar-refractivity contribution >= 4 is 15.7 Å². The summed E-state index contributed by atoms with van der Waals surface area (Å²) >= 11 is 0. The molecule has 1 aliphatic heterocycles. The van der Waals surface area contributed by atoms with Crippen LogP contribution in [0.4, 0.5) is 5.69 Å². The molecule has 1 saturated heterocycles. The molecule has 9 heteroatoms. The van der Waals surface area contributed by atoms with Crippen LogP contribution in [0.2, 0.25) is 0 Å². The van der Waals surface area contributed by atoms with E-state index >= 15 is 0 Å². The Hall–Kier alpha value is -2.26. The van der Waals surface area contributed by atoms with Crippen LogP contribution in [0, 0.1) is 10.1 Å². The van der Waals surface area contributed by atoms with Crippen molar-refractivity contribution in [1.82, 2.24) is 9.46 Å². The van der Waals surface area contributed by atoms with Crippen LogP contribution < -0.4 is 0 Å². The molecular weight excluding hydrogens is 346 g/mol. The van der Waals surface area contributed by atoms with Crippen LogP contribution >= 0.6 is 0 Å². The number of nitrogens with zero attached hydrogens (tertiary/aromatic N) is 3. The Morgan fingerprint density at radius 3 is 2.72 bits per heavy atom. The van der Waals surface area contributed by atoms with E-state index in [1.54, 1.807) is 0 Å². The molecule has 0 aliphatic carbocycles. The highest BCUT2D eigenvalue weighted by molar-refractivity contribution is 7.89. The minimum absolute atomic E-state index is 0.0438. The van der Waals surface area contributed by atoms with Gasteiger partial charge < -0.3 is 4.52 Å². The number of aryl methyl sites for hydroxylation is 1. The number of nitro benzene ring substituents is 1. The molecule has 2 aromatic rings. The number of benzene rings is 1. The minimum atomic E-state index is -3.75. The summed E-state index contributed by atoms with van der Waals surface area (Å²) in [4.78, 5) is 10.2. The zero-order valence-corrected chi connectivity index (χ0v) is 14.6. The van der Waals surface area contributed by atoms with Gasteiger partial charge >= 0.3 is 0 Å². The first-order valence-corrected chi connectivity index (χ1v) is 9.59. The zero-order chi connectivity index (χ0) is 18.0. The second-order valence-corrected chi connectivity index (χ2v) is 7.88. The smallest absolute Gasteiger partial charge is 0.269 e. The van der Waals surface area contributed by atoms with E-state index < -0.39 is 14.9 Å². The molecule has 0 radical (unpaired) electrons. The summed E-state index contributed by atoms with van der Waals surface area (Å²) < 4.78 is 32.5. The fourth-order valence-electron chi connectivity index (χ4n) is 3.05. The predicted octanol–water partition coefficient (Wildman–Crippen LogP) is 3.06. The van der Waals surface area contributed by atoms with Crippen LogP contribution in [0.3, 0.4) is 0 Å². The highest BCUT2D eigenvalue weighted by atomic mass is 32.2. The van der Waals surface area contributed by atoms with Crippen molar-refractivity contribution in [2.75, 3.05) is 6.54 Å². The molecule has 1 aromatic carbocycles. The van der Waals surface area contributed by atoms with Crippen LogP contribution in [0.1, 0.15) is 43.7 Å². The Morgan fingerprint density at radius 2 is 2.08 bits per heavy atom. The maximum Gasteiger partial charge on any atom is 0.269 e. The third-order valence-corrected chi connectivity index (χ3v) is 6.20. The van der Waals surface area contributed by atoms with Gasteiger partial charge in [0.15, 0.2) is 0 Å². The molecule has 0 amide bonds. The van der Waals surface area contributed by atoms with E-state index in [-0.39, 0.29) is 16.6 Å². The molecule has 1 atom stereocenters. The maximum atomic E-state index is 12.9. The first-order valence-electron chi connectivity index (χ1n) is 8.15. The highest BCUT2D eigenvalue weighted by Gasteiger charge is 2.38. The molecule has 0 N–H and O–H groups in total. The lowest BCUT2D eigenvalue weighted by molar-refractivity contribution is -0.384. The van der Waals surface area contributed by atoms with Gasteiger partial charge in [0.1, 0.15) is 11.5 Å². The zero-order valence-electron chi connectivity index (χ0n) is 13.8. The summed E-state index contributed by atoms with van der Waals surface area (Å²) in [6, 6.07) is 6.40. The van der Waals surface area contributed by atoms with Crippen LogP contribution in [0.15, 0.2) is 39.8 Å². The Labute approximate surface area is 145 Å². The van der Waals surface area contributed by atoms with Crippen molar-refractivity contribution in [3.05, 3.63) is 51.9 Å². The number of hydrogen-bond donors (Lipinski definition) is 0. The van der Waals surface area contributed by atoms with Gasteiger partial charge in [0.05, 0.1) is 15.9 Å². The highest BCUT2D eigenvalue weighted by Crippen LogP contribution is 2.36. The topological polar surface area (TPSA) is 107 Å². The standard InChI is InChI=1S/C16H19N3O5S/c1-2-4-13-11-15(17-24-13)16-5-3-10-18(16)25(22,23)14-8-6-12(7-9-14)19(20)21/h6-9,11,16H,2-5,10H2,1H3/t16-/m1/s1. The second kappa shape index (κ2) is 6.93. The van der Waals surface area contributed by atoms with Gasteiger partial charge in [-0.3, -0.25) is 10.1 Å². The van der Waals surface area contributed by atoms with Gasteiger partial charge in [-0.1, -0.05) is 12.1 Å². The molecule has 134 valence electrons. The molecule has 2 heterocycles. The van der Waals surface area contributed by atoms with Gasteiger partial charge in [0.2, 0.25) is 10.0 Å². The van der Waals surface area contributed by atoms with E-state index in [0.29, 0.717) is 18.7 Å². The first kappa shape index (κ1) is 17.6. The largest absolute Gasteiger partial charge is 0.361 e. The number of rotatable bonds is 6. The van der Waals surface area contributed by atoms with Crippen molar-refractivity contribution < 1.29 is 17.9 Å². The van der Waals surface area contributed by atoms with Gasteiger partial charge in [-0.2, -0.15) is 4.31 Å². The van der Waals surface area contributed by atoms with Crippen molar-refractivity contribution in [3.8, 4) is 0 Å². The third-order valence-electron chi connectivity index (χ3n) is 4.27. The monoisotopic (exact) mass is 365 g/mol. The van der Waals surface area contributed by atoms with Gasteiger partial charge in [0, 0.05) is 31.2 Å². The summed E-state index contributed by atoms with van der Waals surface area (Å²) in [7, 11) is -3.75. The number of sulfonamides is 1. The molecule has 0 spiro atoms. The Balaban J connectivity index is 1.88. The van der Waals surface area contributed by atoms with E-state index in [1.165, 1.54) is 28.6 Å². The van der Waals surface area contributed by atoms with Crippen LogP contribution in [0.5, 0.6) is 0 Å². The summed E-state index contributed by atoms with van der Waals surface area (Å²) in [5.41, 5.74) is 0.476. The molecule has 8 nitrogen and oxygen atoms in total. The first-order chi connectivity index (χ1) is 11.9. The van der Waals surface area contributed by atoms with Crippen molar-refractivity contribution in [1.29, 1.82) is 0 Å². The number of non-ortho nitro benzene ring substituents is 1. The molecule has 1 aromatic heterocycles. The van der Waals surface area contributed by atoms with E-state index in [0.717, 1.165) is 25.0 Å². The summed E-state index contributed by atoms with van der Waals surface area (Å²) in [5.74, 6) is 0.747. The SMILES string of the molecule is CCCc1cc([C@H]2CCCN2S(=O)(=O)c2ccc([N+](=O)[O-])cc2)no1. The van der Waals surface area contributed by atoms with Crippen molar-refractivity contribution in [2.45, 2.75) is 43.5 Å².